The highest BCUT2D eigenvalue weighted by Gasteiger charge is 2.16. The molecule has 0 fully saturated rings. The molecule has 0 aromatic carbocycles. The highest BCUT2D eigenvalue weighted by atomic mass is 35.5. The van der Waals surface area contributed by atoms with Gasteiger partial charge in [0.05, 0.1) is 29.2 Å². The lowest BCUT2D eigenvalue weighted by Crippen LogP contribution is -2.11. The summed E-state index contributed by atoms with van der Waals surface area (Å²) >= 11 is 6.12. The van der Waals surface area contributed by atoms with Gasteiger partial charge in [-0.25, -0.2) is 4.68 Å². The Kier molecular flexibility index (Phi) is 3.62. The fraction of sp³-hybridized carbons (Fsp3) is 0.267. The van der Waals surface area contributed by atoms with Gasteiger partial charge in [-0.3, -0.25) is 9.48 Å². The minimum Gasteiger partial charge on any atom is -0.454 e. The summed E-state index contributed by atoms with van der Waals surface area (Å²) in [6.07, 6.45) is 3.28. The molecule has 0 aliphatic carbocycles. The topological polar surface area (TPSA) is 65.8 Å². The third kappa shape index (κ3) is 2.57. The van der Waals surface area contributed by atoms with E-state index >= 15 is 0 Å². The average Bonchev–Trinajstić information content (AvgIpc) is 3.17. The Morgan fingerprint density at radius 1 is 1.32 bits per heavy atom. The number of aromatic nitrogens is 4. The lowest BCUT2D eigenvalue weighted by Gasteiger charge is -2.01. The molecule has 0 N–H and O–H groups in total. The van der Waals surface area contributed by atoms with Crippen LogP contribution in [-0.2, 0) is 6.54 Å². The lowest BCUT2D eigenvalue weighted by molar-refractivity contribution is 0.0915. The van der Waals surface area contributed by atoms with Crippen molar-refractivity contribution in [2.45, 2.75) is 27.3 Å². The first-order chi connectivity index (χ1) is 10.5. The third-order valence-corrected chi connectivity index (χ3v) is 3.94. The predicted molar refractivity (Wildman–Crippen MR) is 81.2 cm³/mol. The van der Waals surface area contributed by atoms with Crippen LogP contribution in [-0.4, -0.2) is 25.5 Å². The molecule has 0 spiro atoms. The number of carbonyl (C=O) groups is 1. The van der Waals surface area contributed by atoms with E-state index in [2.05, 4.69) is 10.2 Å². The summed E-state index contributed by atoms with van der Waals surface area (Å²) < 4.78 is 8.62. The summed E-state index contributed by atoms with van der Waals surface area (Å²) in [5.74, 6) is 0.575. The highest BCUT2D eigenvalue weighted by Crippen LogP contribution is 2.20. The van der Waals surface area contributed by atoms with Crippen LogP contribution in [0.4, 0.5) is 0 Å². The summed E-state index contributed by atoms with van der Waals surface area (Å²) in [5.41, 5.74) is 2.55. The van der Waals surface area contributed by atoms with Crippen molar-refractivity contribution in [2.24, 2.45) is 0 Å². The molecule has 3 aromatic rings. The Morgan fingerprint density at radius 2 is 2.09 bits per heavy atom. The van der Waals surface area contributed by atoms with Crippen molar-refractivity contribution < 1.29 is 9.21 Å². The number of aryl methyl sites for hydroxylation is 2. The summed E-state index contributed by atoms with van der Waals surface area (Å²) in [6.45, 7) is 6.04. The second kappa shape index (κ2) is 5.46. The van der Waals surface area contributed by atoms with E-state index in [1.54, 1.807) is 29.2 Å². The Balaban J connectivity index is 1.82. The zero-order valence-corrected chi connectivity index (χ0v) is 13.3. The van der Waals surface area contributed by atoms with Crippen molar-refractivity contribution in [3.8, 4) is 0 Å². The molecule has 0 aliphatic rings. The van der Waals surface area contributed by atoms with Gasteiger partial charge in [-0.15, -0.1) is 0 Å². The fourth-order valence-electron chi connectivity index (χ4n) is 2.19. The lowest BCUT2D eigenvalue weighted by atomic mass is 10.4. The zero-order valence-electron chi connectivity index (χ0n) is 12.5. The van der Waals surface area contributed by atoms with Crippen LogP contribution in [0.3, 0.4) is 0 Å². The van der Waals surface area contributed by atoms with Gasteiger partial charge < -0.3 is 4.42 Å². The van der Waals surface area contributed by atoms with E-state index in [9.17, 15) is 4.79 Å². The summed E-state index contributed by atoms with van der Waals surface area (Å²) in [4.78, 5) is 12.2. The monoisotopic (exact) mass is 318 g/mol. The van der Waals surface area contributed by atoms with Crippen LogP contribution in [0.5, 0.6) is 0 Å². The third-order valence-electron chi connectivity index (χ3n) is 3.39. The minimum absolute atomic E-state index is 0.241. The first kappa shape index (κ1) is 14.6. The summed E-state index contributed by atoms with van der Waals surface area (Å²) in [5, 5.41) is 8.98. The van der Waals surface area contributed by atoms with E-state index in [0.717, 1.165) is 17.0 Å². The second-order valence-electron chi connectivity index (χ2n) is 5.18. The predicted octanol–water partition coefficient (Wildman–Crippen LogP) is 2.99. The smallest absolute Gasteiger partial charge is 0.313 e. The first-order valence-corrected chi connectivity index (χ1v) is 7.17. The molecule has 0 saturated carbocycles. The number of carbonyl (C=O) groups excluding carboxylic acids is 1. The van der Waals surface area contributed by atoms with E-state index in [1.165, 1.54) is 4.68 Å². The van der Waals surface area contributed by atoms with Gasteiger partial charge in [0, 0.05) is 6.20 Å². The summed E-state index contributed by atoms with van der Waals surface area (Å²) in [6, 6.07) is 3.40. The number of rotatable bonds is 3. The van der Waals surface area contributed by atoms with Crippen molar-refractivity contribution in [1.29, 1.82) is 0 Å². The molecule has 0 amide bonds. The number of furan rings is 1. The maximum absolute atomic E-state index is 12.2. The van der Waals surface area contributed by atoms with Crippen LogP contribution < -0.4 is 0 Å². The van der Waals surface area contributed by atoms with Crippen LogP contribution in [0.25, 0.3) is 0 Å². The normalized spacial score (nSPS) is 11.1. The Hall–Kier alpha value is -2.34. The van der Waals surface area contributed by atoms with Crippen LogP contribution in [0.15, 0.2) is 28.9 Å². The van der Waals surface area contributed by atoms with Gasteiger partial charge in [0.2, 0.25) is 0 Å². The molecule has 0 unspecified atom stereocenters. The number of nitrogens with zero attached hydrogens (tertiary/aromatic N) is 4. The molecule has 22 heavy (non-hydrogen) atoms. The van der Waals surface area contributed by atoms with Crippen molar-refractivity contribution in [3.05, 3.63) is 58.0 Å². The van der Waals surface area contributed by atoms with Crippen molar-refractivity contribution in [1.82, 2.24) is 19.6 Å². The molecule has 3 aromatic heterocycles. The molecule has 0 bridgehead atoms. The van der Waals surface area contributed by atoms with Gasteiger partial charge in [0.25, 0.3) is 0 Å². The fourth-order valence-corrected chi connectivity index (χ4v) is 2.33. The van der Waals surface area contributed by atoms with Gasteiger partial charge in [-0.05, 0) is 38.5 Å². The summed E-state index contributed by atoms with van der Waals surface area (Å²) in [7, 11) is 0. The van der Waals surface area contributed by atoms with Crippen LogP contribution >= 0.6 is 11.6 Å². The maximum Gasteiger partial charge on any atom is 0.313 e. The number of hydrogen-bond donors (Lipinski definition) is 0. The molecule has 114 valence electrons. The zero-order chi connectivity index (χ0) is 15.9. The largest absolute Gasteiger partial charge is 0.454 e. The van der Waals surface area contributed by atoms with Gasteiger partial charge in [-0.1, -0.05) is 11.6 Å². The molecule has 0 saturated heterocycles. The van der Waals surface area contributed by atoms with Crippen LogP contribution in [0.2, 0.25) is 5.02 Å². The van der Waals surface area contributed by atoms with E-state index in [-0.39, 0.29) is 11.7 Å². The average molecular weight is 319 g/mol. The van der Waals surface area contributed by atoms with Gasteiger partial charge in [-0.2, -0.15) is 10.2 Å². The van der Waals surface area contributed by atoms with Crippen LogP contribution in [0.1, 0.15) is 33.3 Å². The molecular formula is C15H15ClN4O2. The molecule has 3 rings (SSSR count). The molecule has 0 radical (unpaired) electrons. The molecule has 0 atom stereocenters. The Labute approximate surface area is 132 Å². The van der Waals surface area contributed by atoms with E-state index in [0.29, 0.717) is 17.3 Å². The van der Waals surface area contributed by atoms with Crippen molar-refractivity contribution in [2.75, 3.05) is 0 Å². The second-order valence-corrected chi connectivity index (χ2v) is 5.55. The molecule has 6 nitrogen and oxygen atoms in total. The SMILES string of the molecule is Cc1cnn(C(=O)c2ccc(Cn3nc(C)c(Cl)c3C)o2)c1. The Bertz CT molecular complexity index is 844. The molecule has 7 heteroatoms. The minimum atomic E-state index is -0.300. The Morgan fingerprint density at radius 3 is 2.68 bits per heavy atom. The van der Waals surface area contributed by atoms with E-state index < -0.39 is 0 Å². The van der Waals surface area contributed by atoms with Gasteiger partial charge >= 0.3 is 5.91 Å². The van der Waals surface area contributed by atoms with Crippen LogP contribution in [0, 0.1) is 20.8 Å². The van der Waals surface area contributed by atoms with Gasteiger partial charge in [0.15, 0.2) is 5.76 Å². The van der Waals surface area contributed by atoms with E-state index in [1.807, 2.05) is 20.8 Å². The first-order valence-electron chi connectivity index (χ1n) is 6.80. The molecule has 0 aliphatic heterocycles. The maximum atomic E-state index is 12.2. The van der Waals surface area contributed by atoms with Crippen molar-refractivity contribution >= 4 is 17.5 Å². The standard InChI is InChI=1S/C15H15ClN4O2/c1-9-6-17-20(7-9)15(21)13-5-4-12(22-13)8-19-11(3)14(16)10(2)18-19/h4-7H,8H2,1-3H3. The highest BCUT2D eigenvalue weighted by molar-refractivity contribution is 6.31. The molecule has 3 heterocycles. The quantitative estimate of drug-likeness (QED) is 0.744. The molecular weight excluding hydrogens is 304 g/mol. The van der Waals surface area contributed by atoms with Gasteiger partial charge in [0.1, 0.15) is 5.76 Å². The van der Waals surface area contributed by atoms with E-state index in [4.69, 9.17) is 16.0 Å². The number of hydrogen-bond acceptors (Lipinski definition) is 4. The number of halogens is 1. The van der Waals surface area contributed by atoms with Crippen molar-refractivity contribution in [3.63, 3.8) is 0 Å².